The van der Waals surface area contributed by atoms with E-state index in [2.05, 4.69) is 20.6 Å². The molecule has 112 valence electrons. The van der Waals surface area contributed by atoms with E-state index in [1.807, 2.05) is 24.3 Å². The number of carbonyl (C=O) groups is 2. The Bertz CT molecular complexity index is 596. The van der Waals surface area contributed by atoms with Gasteiger partial charge in [0.2, 0.25) is 0 Å². The van der Waals surface area contributed by atoms with Gasteiger partial charge in [0.25, 0.3) is 5.91 Å². The lowest BCUT2D eigenvalue weighted by Gasteiger charge is -2.06. The van der Waals surface area contributed by atoms with Crippen molar-refractivity contribution in [3.63, 3.8) is 0 Å². The fourth-order valence-electron chi connectivity index (χ4n) is 1.54. The summed E-state index contributed by atoms with van der Waals surface area (Å²) in [6.45, 7) is 1.97. The molecule has 0 radical (unpaired) electrons. The van der Waals surface area contributed by atoms with Crippen LogP contribution in [0.25, 0.3) is 10.2 Å². The fourth-order valence-corrected chi connectivity index (χ4v) is 2.44. The maximum absolute atomic E-state index is 11.4. The number of ether oxygens (including phenoxy) is 2. The molecular weight excluding hydrogens is 294 g/mol. The van der Waals surface area contributed by atoms with Crippen LogP contribution in [0.1, 0.15) is 11.9 Å². The van der Waals surface area contributed by atoms with Crippen LogP contribution in [0.2, 0.25) is 0 Å². The lowest BCUT2D eigenvalue weighted by Crippen LogP contribution is -2.43. The average molecular weight is 309 g/mol. The number of nitrogens with zero attached hydrogens (tertiary/aromatic N) is 1. The van der Waals surface area contributed by atoms with Gasteiger partial charge < -0.3 is 9.47 Å². The molecule has 2 rings (SSSR count). The van der Waals surface area contributed by atoms with Crippen LogP contribution >= 0.6 is 11.3 Å². The number of carbonyl (C=O) groups excluding carboxylic acids is 2. The highest BCUT2D eigenvalue weighted by Gasteiger charge is 2.07. The zero-order chi connectivity index (χ0) is 15.1. The molecular formula is C13H15N3O4S. The van der Waals surface area contributed by atoms with E-state index in [4.69, 9.17) is 4.74 Å². The second-order valence-corrected chi connectivity index (χ2v) is 5.08. The smallest absolute Gasteiger partial charge is 0.426 e. The maximum atomic E-state index is 11.4. The number of hydrogen-bond donors (Lipinski definition) is 2. The van der Waals surface area contributed by atoms with Crippen LogP contribution in [0.5, 0.6) is 0 Å². The van der Waals surface area contributed by atoms with Gasteiger partial charge in [-0.05, 0) is 19.1 Å². The molecule has 0 spiro atoms. The second-order valence-electron chi connectivity index (χ2n) is 3.96. The van der Waals surface area contributed by atoms with E-state index in [1.54, 1.807) is 6.92 Å². The molecule has 1 heterocycles. The van der Waals surface area contributed by atoms with Gasteiger partial charge in [-0.2, -0.15) is 0 Å². The number of benzene rings is 1. The summed E-state index contributed by atoms with van der Waals surface area (Å²) in [6, 6.07) is 7.76. The lowest BCUT2D eigenvalue weighted by molar-refractivity contribution is -0.127. The van der Waals surface area contributed by atoms with Gasteiger partial charge in [0, 0.05) is 0 Å². The quantitative estimate of drug-likeness (QED) is 0.819. The summed E-state index contributed by atoms with van der Waals surface area (Å²) in [6.07, 6.45) is -0.711. The maximum Gasteiger partial charge on any atom is 0.426 e. The van der Waals surface area contributed by atoms with Crippen LogP contribution < -0.4 is 10.9 Å². The number of nitrogens with one attached hydrogen (secondary N) is 2. The molecule has 1 aromatic heterocycles. The first-order valence-corrected chi connectivity index (χ1v) is 7.14. The molecule has 0 bridgehead atoms. The Balaban J connectivity index is 1.71. The number of para-hydroxylation sites is 1. The largest absolute Gasteiger partial charge is 0.449 e. The topological polar surface area (TPSA) is 89.6 Å². The number of rotatable bonds is 5. The molecule has 2 amide bonds. The number of fused-ring (bicyclic) bond motifs is 1. The molecule has 0 atom stereocenters. The van der Waals surface area contributed by atoms with E-state index in [0.717, 1.165) is 15.2 Å². The number of hydrazine groups is 1. The Morgan fingerprint density at radius 2 is 2.10 bits per heavy atom. The molecule has 0 fully saturated rings. The summed E-state index contributed by atoms with van der Waals surface area (Å²) in [5.74, 6) is -0.468. The zero-order valence-electron chi connectivity index (χ0n) is 11.4. The SMILES string of the molecule is CCOC(=O)NNC(=O)COCc1nc2ccccc2s1. The summed E-state index contributed by atoms with van der Waals surface area (Å²) in [5.41, 5.74) is 5.19. The normalized spacial score (nSPS) is 10.3. The van der Waals surface area contributed by atoms with Crippen LogP contribution in [0.15, 0.2) is 24.3 Å². The number of hydrogen-bond acceptors (Lipinski definition) is 6. The minimum atomic E-state index is -0.711. The Hall–Kier alpha value is -2.19. The second kappa shape index (κ2) is 7.55. The minimum absolute atomic E-state index is 0.178. The van der Waals surface area contributed by atoms with Crippen LogP contribution in [0.3, 0.4) is 0 Å². The van der Waals surface area contributed by atoms with Gasteiger partial charge in [-0.15, -0.1) is 11.3 Å². The third-order valence-electron chi connectivity index (χ3n) is 2.38. The van der Waals surface area contributed by atoms with Crippen LogP contribution in [0, 0.1) is 0 Å². The Labute approximate surface area is 125 Å². The number of amides is 2. The van der Waals surface area contributed by atoms with Crippen molar-refractivity contribution < 1.29 is 19.1 Å². The molecule has 2 aromatic rings. The number of aromatic nitrogens is 1. The number of thiazole rings is 1. The van der Waals surface area contributed by atoms with Crippen molar-refractivity contribution in [1.29, 1.82) is 0 Å². The van der Waals surface area contributed by atoms with Crippen molar-refractivity contribution in [2.75, 3.05) is 13.2 Å². The molecule has 0 aliphatic heterocycles. The van der Waals surface area contributed by atoms with Gasteiger partial charge in [0.1, 0.15) is 11.6 Å². The molecule has 0 saturated heterocycles. The highest BCUT2D eigenvalue weighted by atomic mass is 32.1. The third-order valence-corrected chi connectivity index (χ3v) is 3.39. The third kappa shape index (κ3) is 4.69. The van der Waals surface area contributed by atoms with Crippen LogP contribution in [0.4, 0.5) is 4.79 Å². The van der Waals surface area contributed by atoms with Crippen LogP contribution in [-0.4, -0.2) is 30.2 Å². The van der Waals surface area contributed by atoms with Gasteiger partial charge in [-0.1, -0.05) is 12.1 Å². The zero-order valence-corrected chi connectivity index (χ0v) is 12.2. The summed E-state index contributed by atoms with van der Waals surface area (Å²) in [7, 11) is 0. The molecule has 7 nitrogen and oxygen atoms in total. The predicted molar refractivity (Wildman–Crippen MR) is 77.6 cm³/mol. The Morgan fingerprint density at radius 1 is 1.29 bits per heavy atom. The van der Waals surface area contributed by atoms with Gasteiger partial charge in [0.15, 0.2) is 0 Å². The molecule has 2 N–H and O–H groups in total. The fraction of sp³-hybridized carbons (Fsp3) is 0.308. The van der Waals surface area contributed by atoms with Crippen molar-refractivity contribution in [3.05, 3.63) is 29.3 Å². The van der Waals surface area contributed by atoms with E-state index in [0.29, 0.717) is 0 Å². The van der Waals surface area contributed by atoms with Gasteiger partial charge in [0.05, 0.1) is 23.4 Å². The van der Waals surface area contributed by atoms with E-state index >= 15 is 0 Å². The minimum Gasteiger partial charge on any atom is -0.449 e. The highest BCUT2D eigenvalue weighted by molar-refractivity contribution is 7.18. The van der Waals surface area contributed by atoms with Crippen molar-refractivity contribution in [2.45, 2.75) is 13.5 Å². The van der Waals surface area contributed by atoms with Crippen molar-refractivity contribution in [2.24, 2.45) is 0 Å². The van der Waals surface area contributed by atoms with Crippen molar-refractivity contribution in [3.8, 4) is 0 Å². The summed E-state index contributed by atoms with van der Waals surface area (Å²) in [5, 5.41) is 0.794. The monoisotopic (exact) mass is 309 g/mol. The molecule has 0 unspecified atom stereocenters. The van der Waals surface area contributed by atoms with E-state index in [9.17, 15) is 9.59 Å². The van der Waals surface area contributed by atoms with Gasteiger partial charge in [-0.25, -0.2) is 15.2 Å². The lowest BCUT2D eigenvalue weighted by atomic mass is 10.3. The van der Waals surface area contributed by atoms with Crippen molar-refractivity contribution in [1.82, 2.24) is 15.8 Å². The molecule has 0 saturated carbocycles. The standard InChI is InChI=1S/C13H15N3O4S/c1-2-20-13(18)16-15-11(17)7-19-8-12-14-9-5-3-4-6-10(9)21-12/h3-6H,2,7-8H2,1H3,(H,15,17)(H,16,18). The Kier molecular flexibility index (Phi) is 5.47. The first kappa shape index (κ1) is 15.2. The summed E-state index contributed by atoms with van der Waals surface area (Å²) >= 11 is 1.52. The van der Waals surface area contributed by atoms with E-state index in [-0.39, 0.29) is 19.8 Å². The first-order valence-electron chi connectivity index (χ1n) is 6.33. The van der Waals surface area contributed by atoms with E-state index < -0.39 is 12.0 Å². The van der Waals surface area contributed by atoms with Gasteiger partial charge >= 0.3 is 6.09 Å². The molecule has 8 heteroatoms. The highest BCUT2D eigenvalue weighted by Crippen LogP contribution is 2.21. The molecule has 0 aliphatic carbocycles. The molecule has 21 heavy (non-hydrogen) atoms. The molecule has 0 aliphatic rings. The van der Waals surface area contributed by atoms with Gasteiger partial charge in [-0.3, -0.25) is 10.2 Å². The van der Waals surface area contributed by atoms with Crippen LogP contribution in [-0.2, 0) is 20.9 Å². The molecule has 1 aromatic carbocycles. The average Bonchev–Trinajstić information content (AvgIpc) is 2.88. The van der Waals surface area contributed by atoms with E-state index in [1.165, 1.54) is 11.3 Å². The predicted octanol–water partition coefficient (Wildman–Crippen LogP) is 1.59. The Morgan fingerprint density at radius 3 is 2.86 bits per heavy atom. The first-order chi connectivity index (χ1) is 10.2. The summed E-state index contributed by atoms with van der Waals surface area (Å²) < 4.78 is 10.9. The van der Waals surface area contributed by atoms with Crippen molar-refractivity contribution >= 4 is 33.6 Å². The summed E-state index contributed by atoms with van der Waals surface area (Å²) in [4.78, 5) is 26.7.